The van der Waals surface area contributed by atoms with Gasteiger partial charge in [-0.15, -0.1) is 0 Å². The van der Waals surface area contributed by atoms with Crippen LogP contribution in [-0.2, 0) is 12.8 Å². The minimum Gasteiger partial charge on any atom is -0.339 e. The molecule has 13 unspecified atom stereocenters. The fraction of sp³-hybridized carbons (Fsp3) is 0.688. The first kappa shape index (κ1) is 35.7. The maximum atomic E-state index is 11.3. The summed E-state index contributed by atoms with van der Waals surface area (Å²) in [5, 5.41) is 23.9. The van der Waals surface area contributed by atoms with Crippen molar-refractivity contribution >= 4 is 12.2 Å². The van der Waals surface area contributed by atoms with E-state index in [2.05, 4.69) is 100 Å². The zero-order valence-corrected chi connectivity index (χ0v) is 33.1. The standard InChI is InChI=1S/C48H66N6/c1-30-21-23-42-37(25-30)38-26-31(2)22-24-43(38)54(42)45-28-44(53-40-19-11-9-17-35(40)36-18-10-12-20-41(36)53)34(29-49)27-39(45)48-51-46(32-13-5-3-6-14-32)50-47(52-48)33-15-7-4-8-16-33/h5,9,12-13,17,20-21,23,27,30-34,37-38,42-48,50-52H,3-4,6-8,10-11,14-16,18-19,22,24-26,28H2,1-2H3. The number of aromatic nitrogens is 1. The van der Waals surface area contributed by atoms with Crippen molar-refractivity contribution in [3.63, 3.8) is 0 Å². The van der Waals surface area contributed by atoms with Gasteiger partial charge in [0.25, 0.3) is 0 Å². The van der Waals surface area contributed by atoms with Crippen molar-refractivity contribution < 1.29 is 0 Å². The summed E-state index contributed by atoms with van der Waals surface area (Å²) in [6.45, 7) is 4.97. The number of hydrogen-bond donors (Lipinski definition) is 3. The predicted octanol–water partition coefficient (Wildman–Crippen LogP) is 9.18. The maximum absolute atomic E-state index is 11.3. The molecule has 1 aromatic rings. The van der Waals surface area contributed by atoms with Crippen LogP contribution in [0.4, 0.5) is 0 Å². The Morgan fingerprint density at radius 1 is 0.741 bits per heavy atom. The quantitative estimate of drug-likeness (QED) is 0.264. The summed E-state index contributed by atoms with van der Waals surface area (Å²) < 4.78 is 2.72. The van der Waals surface area contributed by atoms with Crippen molar-refractivity contribution in [3.05, 3.63) is 70.6 Å². The number of hydrogen-bond acceptors (Lipinski definition) is 5. The topological polar surface area (TPSA) is 68.0 Å². The summed E-state index contributed by atoms with van der Waals surface area (Å²) >= 11 is 0. The molecule has 0 aromatic carbocycles. The molecule has 9 aliphatic rings. The van der Waals surface area contributed by atoms with E-state index in [1.54, 1.807) is 0 Å². The number of nitrogens with one attached hydrogen (secondary N) is 3. The van der Waals surface area contributed by atoms with Gasteiger partial charge in [0, 0.05) is 35.4 Å². The van der Waals surface area contributed by atoms with Gasteiger partial charge in [-0.05, 0) is 142 Å². The summed E-state index contributed by atoms with van der Waals surface area (Å²) in [5.74, 6) is 3.96. The fourth-order valence-electron chi connectivity index (χ4n) is 13.5. The van der Waals surface area contributed by atoms with Gasteiger partial charge in [0.15, 0.2) is 0 Å². The molecule has 54 heavy (non-hydrogen) atoms. The molecule has 0 amide bonds. The van der Waals surface area contributed by atoms with Crippen LogP contribution in [0.15, 0.2) is 48.1 Å². The van der Waals surface area contributed by atoms with Crippen LogP contribution in [0, 0.1) is 52.8 Å². The van der Waals surface area contributed by atoms with Crippen LogP contribution in [0.5, 0.6) is 0 Å². The molecule has 7 aliphatic carbocycles. The van der Waals surface area contributed by atoms with E-state index in [1.807, 2.05) is 0 Å². The molecule has 6 nitrogen and oxygen atoms in total. The van der Waals surface area contributed by atoms with Gasteiger partial charge in [-0.1, -0.05) is 81.7 Å². The lowest BCUT2D eigenvalue weighted by molar-refractivity contribution is 0.0741. The Hall–Kier alpha value is -2.69. The van der Waals surface area contributed by atoms with E-state index in [1.165, 1.54) is 105 Å². The van der Waals surface area contributed by atoms with Crippen LogP contribution < -0.4 is 16.0 Å². The van der Waals surface area contributed by atoms with Crippen LogP contribution in [0.2, 0.25) is 0 Å². The number of likely N-dealkylation sites (tertiary alicyclic amines) is 1. The Morgan fingerprint density at radius 2 is 1.59 bits per heavy atom. The zero-order valence-electron chi connectivity index (χ0n) is 33.1. The molecule has 6 heteroatoms. The minimum absolute atomic E-state index is 0.0575. The van der Waals surface area contributed by atoms with E-state index in [4.69, 9.17) is 0 Å². The smallest absolute Gasteiger partial charge is 0.0855 e. The number of fused-ring (bicyclic) bond motifs is 6. The molecule has 0 spiro atoms. The van der Waals surface area contributed by atoms with Gasteiger partial charge < -0.3 is 4.57 Å². The van der Waals surface area contributed by atoms with Crippen LogP contribution in [0.25, 0.3) is 12.2 Å². The monoisotopic (exact) mass is 727 g/mol. The summed E-state index contributed by atoms with van der Waals surface area (Å²) in [6, 6.07) is 4.47. The highest BCUT2D eigenvalue weighted by Gasteiger charge is 2.55. The molecule has 3 N–H and O–H groups in total. The lowest BCUT2D eigenvalue weighted by Gasteiger charge is -2.51. The van der Waals surface area contributed by atoms with E-state index < -0.39 is 0 Å². The summed E-state index contributed by atoms with van der Waals surface area (Å²) in [7, 11) is 0. The van der Waals surface area contributed by atoms with Crippen LogP contribution in [0.1, 0.15) is 139 Å². The zero-order chi connectivity index (χ0) is 36.3. The third-order valence-electron chi connectivity index (χ3n) is 16.0. The highest BCUT2D eigenvalue weighted by Crippen LogP contribution is 2.53. The molecule has 2 saturated carbocycles. The Kier molecular flexibility index (Phi) is 9.92. The van der Waals surface area contributed by atoms with Crippen molar-refractivity contribution in [1.82, 2.24) is 25.4 Å². The number of allylic oxidation sites excluding steroid dienone is 5. The molecule has 0 bridgehead atoms. The Bertz CT molecular complexity index is 1750. The predicted molar refractivity (Wildman–Crippen MR) is 220 cm³/mol. The average Bonchev–Trinajstić information content (AvgIpc) is 3.72. The van der Waals surface area contributed by atoms with Crippen molar-refractivity contribution in [2.24, 2.45) is 41.4 Å². The van der Waals surface area contributed by atoms with Gasteiger partial charge in [-0.3, -0.25) is 20.9 Å². The van der Waals surface area contributed by atoms with Crippen molar-refractivity contribution in [2.45, 2.75) is 166 Å². The minimum atomic E-state index is -0.166. The normalized spacial score (nSPS) is 42.1. The molecule has 3 heterocycles. The van der Waals surface area contributed by atoms with Crippen molar-refractivity contribution in [2.75, 3.05) is 0 Å². The molecule has 2 saturated heterocycles. The molecular formula is C48H66N6. The van der Waals surface area contributed by atoms with E-state index in [9.17, 15) is 5.26 Å². The summed E-state index contributed by atoms with van der Waals surface area (Å²) in [4.78, 5) is 3.09. The maximum Gasteiger partial charge on any atom is 0.0855 e. The molecule has 288 valence electrons. The highest BCUT2D eigenvalue weighted by atomic mass is 15.4. The summed E-state index contributed by atoms with van der Waals surface area (Å²) in [6.07, 6.45) is 44.0. The molecule has 10 rings (SSSR count). The third-order valence-corrected chi connectivity index (χ3v) is 16.0. The average molecular weight is 727 g/mol. The van der Waals surface area contributed by atoms with Crippen LogP contribution in [-0.4, -0.2) is 46.1 Å². The molecular weight excluding hydrogens is 661 g/mol. The Labute approximate surface area is 325 Å². The molecule has 13 atom stereocenters. The fourth-order valence-corrected chi connectivity index (χ4v) is 13.5. The Balaban J connectivity index is 1.10. The van der Waals surface area contributed by atoms with Gasteiger partial charge in [0.2, 0.25) is 0 Å². The molecule has 4 fully saturated rings. The second-order valence-corrected chi connectivity index (χ2v) is 19.3. The second-order valence-electron chi connectivity index (χ2n) is 19.3. The number of nitriles is 1. The third kappa shape index (κ3) is 6.29. The lowest BCUT2D eigenvalue weighted by atomic mass is 9.70. The first-order valence-electron chi connectivity index (χ1n) is 22.7. The van der Waals surface area contributed by atoms with Crippen LogP contribution in [0.3, 0.4) is 0 Å². The van der Waals surface area contributed by atoms with E-state index in [0.717, 1.165) is 49.9 Å². The van der Waals surface area contributed by atoms with Gasteiger partial charge in [0.05, 0.1) is 36.5 Å². The van der Waals surface area contributed by atoms with E-state index in [-0.39, 0.29) is 30.3 Å². The second kappa shape index (κ2) is 15.0. The van der Waals surface area contributed by atoms with E-state index in [0.29, 0.717) is 36.0 Å². The van der Waals surface area contributed by atoms with Crippen molar-refractivity contribution in [3.8, 4) is 6.07 Å². The van der Waals surface area contributed by atoms with Crippen LogP contribution >= 0.6 is 0 Å². The SMILES string of the molecule is CC1C=CC2C(C1)C1CC(C)CCC1N2C1CC(n2c3c(c4c2CCC=C4)CCC=C3)C(C#N)C=C1C1NC(C2C=CCCC2)NC(C2CCCCC2)N1. The van der Waals surface area contributed by atoms with Gasteiger partial charge in [-0.25, -0.2) is 0 Å². The molecule has 1 aromatic heterocycles. The van der Waals surface area contributed by atoms with E-state index >= 15 is 0 Å². The first-order chi connectivity index (χ1) is 26.6. The van der Waals surface area contributed by atoms with Gasteiger partial charge in [0.1, 0.15) is 0 Å². The lowest BCUT2D eigenvalue weighted by Crippen LogP contribution is -2.72. The summed E-state index contributed by atoms with van der Waals surface area (Å²) in [5.41, 5.74) is 7.35. The number of nitrogens with zero attached hydrogens (tertiary/aromatic N) is 3. The first-order valence-corrected chi connectivity index (χ1v) is 22.7. The molecule has 0 radical (unpaired) electrons. The Morgan fingerprint density at radius 3 is 2.44 bits per heavy atom. The van der Waals surface area contributed by atoms with Gasteiger partial charge >= 0.3 is 0 Å². The van der Waals surface area contributed by atoms with Gasteiger partial charge in [-0.2, -0.15) is 5.26 Å². The number of rotatable bonds is 5. The molecule has 2 aliphatic heterocycles. The largest absolute Gasteiger partial charge is 0.339 e. The van der Waals surface area contributed by atoms with Crippen molar-refractivity contribution in [1.29, 1.82) is 5.26 Å². The highest BCUT2D eigenvalue weighted by molar-refractivity contribution is 5.69.